The molecule has 2 bridgehead atoms. The summed E-state index contributed by atoms with van der Waals surface area (Å²) in [7, 11) is 0. The third-order valence-electron chi connectivity index (χ3n) is 7.05. The van der Waals surface area contributed by atoms with Crippen LogP contribution >= 0.6 is 11.6 Å². The van der Waals surface area contributed by atoms with Crippen LogP contribution in [0.25, 0.3) is 16.7 Å². The predicted octanol–water partition coefficient (Wildman–Crippen LogP) is 6.30. The fraction of sp³-hybridized carbons (Fsp3) is 0.259. The van der Waals surface area contributed by atoms with E-state index < -0.39 is 0 Å². The van der Waals surface area contributed by atoms with E-state index in [2.05, 4.69) is 59.6 Å². The lowest BCUT2D eigenvalue weighted by Crippen LogP contribution is -2.43. The van der Waals surface area contributed by atoms with Gasteiger partial charge in [-0.25, -0.2) is 9.78 Å². The average Bonchev–Trinajstić information content (AvgIpc) is 3.29. The molecule has 3 heterocycles. The molecule has 2 unspecified atom stereocenters. The molecule has 3 aromatic rings. The van der Waals surface area contributed by atoms with Gasteiger partial charge in [-0.1, -0.05) is 72.3 Å². The number of fused-ring (bicyclic) bond motifs is 5. The number of amides is 1. The zero-order chi connectivity index (χ0) is 21.7. The molecule has 0 spiro atoms. The molecule has 0 N–H and O–H groups in total. The highest BCUT2D eigenvalue weighted by molar-refractivity contribution is 6.31. The van der Waals surface area contributed by atoms with Crippen molar-refractivity contribution < 1.29 is 9.53 Å². The number of carbonyl (C=O) groups is 1. The number of carbonyl (C=O) groups excluding carboxylic acids is 1. The summed E-state index contributed by atoms with van der Waals surface area (Å²) >= 11 is 6.32. The third-order valence-corrected chi connectivity index (χ3v) is 7.35. The van der Waals surface area contributed by atoms with Crippen molar-refractivity contribution in [1.82, 2.24) is 9.88 Å². The molecule has 1 saturated heterocycles. The van der Waals surface area contributed by atoms with Crippen molar-refractivity contribution in [2.24, 2.45) is 0 Å². The van der Waals surface area contributed by atoms with Crippen LogP contribution in [0.2, 0.25) is 5.15 Å². The maximum Gasteiger partial charge on any atom is 0.410 e. The Hall–Kier alpha value is -3.11. The lowest BCUT2D eigenvalue weighted by Gasteiger charge is -2.33. The van der Waals surface area contributed by atoms with E-state index in [0.717, 1.165) is 24.8 Å². The highest BCUT2D eigenvalue weighted by Gasteiger charge is 2.41. The third kappa shape index (κ3) is 3.13. The summed E-state index contributed by atoms with van der Waals surface area (Å²) in [5, 5.41) is 0.521. The monoisotopic (exact) mass is 442 g/mol. The van der Waals surface area contributed by atoms with Crippen molar-refractivity contribution >= 4 is 23.3 Å². The predicted molar refractivity (Wildman–Crippen MR) is 126 cm³/mol. The molecule has 2 atom stereocenters. The lowest BCUT2D eigenvalue weighted by atomic mass is 9.96. The largest absolute Gasteiger partial charge is 0.448 e. The Morgan fingerprint density at radius 2 is 1.66 bits per heavy atom. The fourth-order valence-corrected chi connectivity index (χ4v) is 5.85. The van der Waals surface area contributed by atoms with Crippen LogP contribution in [0.15, 0.2) is 72.9 Å². The topological polar surface area (TPSA) is 42.4 Å². The second-order valence-electron chi connectivity index (χ2n) is 8.75. The Morgan fingerprint density at radius 3 is 2.34 bits per heavy atom. The smallest absolute Gasteiger partial charge is 0.410 e. The van der Waals surface area contributed by atoms with Crippen LogP contribution in [0, 0.1) is 0 Å². The molecule has 0 saturated carbocycles. The average molecular weight is 443 g/mol. The zero-order valence-corrected chi connectivity index (χ0v) is 18.3. The van der Waals surface area contributed by atoms with E-state index in [1.807, 2.05) is 17.0 Å². The molecule has 1 fully saturated rings. The fourth-order valence-electron chi connectivity index (χ4n) is 5.61. The molecule has 6 rings (SSSR count). The maximum atomic E-state index is 13.2. The number of halogens is 1. The van der Waals surface area contributed by atoms with Crippen molar-refractivity contribution in [2.75, 3.05) is 6.61 Å². The highest BCUT2D eigenvalue weighted by Crippen LogP contribution is 2.45. The first-order valence-electron chi connectivity index (χ1n) is 11.2. The van der Waals surface area contributed by atoms with Gasteiger partial charge in [0.15, 0.2) is 0 Å². The van der Waals surface area contributed by atoms with Crippen molar-refractivity contribution in [2.45, 2.75) is 37.3 Å². The van der Waals surface area contributed by atoms with Gasteiger partial charge in [-0.15, -0.1) is 0 Å². The minimum atomic E-state index is -0.216. The molecule has 160 valence electrons. The molecular formula is C27H23ClN2O2. The molecule has 1 aromatic heterocycles. The Bertz CT molecular complexity index is 1190. The number of rotatable bonds is 3. The molecule has 4 nitrogen and oxygen atoms in total. The van der Waals surface area contributed by atoms with Gasteiger partial charge in [-0.05, 0) is 53.2 Å². The van der Waals surface area contributed by atoms with E-state index in [4.69, 9.17) is 16.3 Å². The van der Waals surface area contributed by atoms with E-state index in [1.54, 1.807) is 6.20 Å². The van der Waals surface area contributed by atoms with Gasteiger partial charge < -0.3 is 4.74 Å². The summed E-state index contributed by atoms with van der Waals surface area (Å²) in [5.74, 6) is 0.0779. The molecule has 2 aliphatic heterocycles. The van der Waals surface area contributed by atoms with Gasteiger partial charge in [0, 0.05) is 23.7 Å². The summed E-state index contributed by atoms with van der Waals surface area (Å²) in [5.41, 5.74) is 7.09. The van der Waals surface area contributed by atoms with Crippen molar-refractivity contribution in [3.63, 3.8) is 0 Å². The van der Waals surface area contributed by atoms with Gasteiger partial charge >= 0.3 is 6.09 Å². The number of aromatic nitrogens is 1. The van der Waals surface area contributed by atoms with Crippen LogP contribution in [0.4, 0.5) is 4.79 Å². The van der Waals surface area contributed by atoms with Crippen LogP contribution in [0.3, 0.4) is 0 Å². The summed E-state index contributed by atoms with van der Waals surface area (Å²) in [6, 6.07) is 20.9. The Kier molecular flexibility index (Phi) is 4.76. The molecular weight excluding hydrogens is 420 g/mol. The number of nitrogens with zero attached hydrogens (tertiary/aromatic N) is 2. The number of hydrogen-bond donors (Lipinski definition) is 0. The van der Waals surface area contributed by atoms with Gasteiger partial charge in [0.25, 0.3) is 0 Å². The Balaban J connectivity index is 1.21. The van der Waals surface area contributed by atoms with E-state index in [9.17, 15) is 4.79 Å². The zero-order valence-electron chi connectivity index (χ0n) is 17.6. The SMILES string of the molecule is O=C(OCC1c2ccccc2-c2ccccc21)N1C2C=C(c3cccnc3Cl)CC1CC2. The van der Waals surface area contributed by atoms with Crippen LogP contribution in [-0.4, -0.2) is 34.7 Å². The van der Waals surface area contributed by atoms with Gasteiger partial charge in [0.1, 0.15) is 11.8 Å². The molecule has 0 radical (unpaired) electrons. The number of pyridine rings is 1. The quantitative estimate of drug-likeness (QED) is 0.447. The molecule has 1 aliphatic carbocycles. The van der Waals surface area contributed by atoms with Gasteiger partial charge in [-0.2, -0.15) is 0 Å². The number of benzene rings is 2. The first kappa shape index (κ1) is 19.6. The van der Waals surface area contributed by atoms with Crippen LogP contribution in [0.1, 0.15) is 41.9 Å². The summed E-state index contributed by atoms with van der Waals surface area (Å²) in [6.45, 7) is 0.355. The Labute approximate surface area is 192 Å². The lowest BCUT2D eigenvalue weighted by molar-refractivity contribution is 0.0866. The first-order valence-corrected chi connectivity index (χ1v) is 11.5. The standard InChI is InChI=1S/C27H23ClN2O2/c28-26-20(10-5-13-29-26)17-14-18-11-12-19(15-17)30(18)27(31)32-16-25-23-8-3-1-6-21(23)22-7-2-4-9-24(22)25/h1-10,13-14,18-19,25H,11-12,15-16H2. The number of hydrogen-bond acceptors (Lipinski definition) is 3. The van der Waals surface area contributed by atoms with Crippen LogP contribution < -0.4 is 0 Å². The highest BCUT2D eigenvalue weighted by atomic mass is 35.5. The summed E-state index contributed by atoms with van der Waals surface area (Å²) in [4.78, 5) is 19.3. The minimum Gasteiger partial charge on any atom is -0.448 e. The van der Waals surface area contributed by atoms with Crippen LogP contribution in [-0.2, 0) is 4.74 Å². The second kappa shape index (κ2) is 7.79. The van der Waals surface area contributed by atoms with Crippen molar-refractivity contribution in [3.05, 3.63) is 94.8 Å². The van der Waals surface area contributed by atoms with E-state index >= 15 is 0 Å². The summed E-state index contributed by atoms with van der Waals surface area (Å²) in [6.07, 6.45) is 6.38. The van der Waals surface area contributed by atoms with Crippen molar-refractivity contribution in [3.8, 4) is 11.1 Å². The van der Waals surface area contributed by atoms with Crippen LogP contribution in [0.5, 0.6) is 0 Å². The van der Waals surface area contributed by atoms with Gasteiger partial charge in [0.2, 0.25) is 0 Å². The van der Waals surface area contributed by atoms with E-state index in [0.29, 0.717) is 11.8 Å². The number of ether oxygens (including phenoxy) is 1. The van der Waals surface area contributed by atoms with Gasteiger partial charge in [-0.3, -0.25) is 4.90 Å². The first-order chi connectivity index (χ1) is 15.7. The molecule has 5 heteroatoms. The molecule has 1 amide bonds. The van der Waals surface area contributed by atoms with Crippen molar-refractivity contribution in [1.29, 1.82) is 0 Å². The maximum absolute atomic E-state index is 13.2. The van der Waals surface area contributed by atoms with E-state index in [1.165, 1.54) is 27.8 Å². The minimum absolute atomic E-state index is 0.0515. The Morgan fingerprint density at radius 1 is 0.969 bits per heavy atom. The summed E-state index contributed by atoms with van der Waals surface area (Å²) < 4.78 is 5.94. The molecule has 2 aromatic carbocycles. The molecule has 3 aliphatic rings. The van der Waals surface area contributed by atoms with E-state index in [-0.39, 0.29) is 24.1 Å². The van der Waals surface area contributed by atoms with Gasteiger partial charge in [0.05, 0.1) is 6.04 Å². The normalized spacial score (nSPS) is 21.2. The molecule has 32 heavy (non-hydrogen) atoms. The second-order valence-corrected chi connectivity index (χ2v) is 9.11.